The van der Waals surface area contributed by atoms with E-state index >= 15 is 0 Å². The lowest BCUT2D eigenvalue weighted by Crippen LogP contribution is -2.23. The van der Waals surface area contributed by atoms with E-state index in [1.165, 1.54) is 44.8 Å². The largest absolute Gasteiger partial charge is 0.372 e. The van der Waals surface area contributed by atoms with Gasteiger partial charge in [0.2, 0.25) is 0 Å². The second-order valence-corrected chi connectivity index (χ2v) is 7.28. The normalized spacial score (nSPS) is 10.9. The molecule has 2 heteroatoms. The van der Waals surface area contributed by atoms with Crippen molar-refractivity contribution in [2.45, 2.75) is 55.4 Å². The van der Waals surface area contributed by atoms with Crippen molar-refractivity contribution < 1.29 is 0 Å². The molecule has 2 nitrogen and oxygen atoms in total. The van der Waals surface area contributed by atoms with Gasteiger partial charge in [-0.15, -0.1) is 0 Å². The van der Waals surface area contributed by atoms with Crippen LogP contribution in [-0.2, 0) is 0 Å². The highest BCUT2D eigenvalue weighted by Crippen LogP contribution is 2.40. The lowest BCUT2D eigenvalue weighted by molar-refractivity contribution is 0.863. The molecule has 0 radical (unpaired) electrons. The SMILES string of the molecule is CCN(CC)c1cc(C)c(-c2c(C)cc(C)cc2N(CC)CC)c(C)c1. The number of nitrogens with zero attached hydrogens (tertiary/aromatic N) is 2. The molecule has 2 rings (SSSR count). The van der Waals surface area contributed by atoms with E-state index < -0.39 is 0 Å². The molecule has 26 heavy (non-hydrogen) atoms. The van der Waals surface area contributed by atoms with Gasteiger partial charge in [-0.05, 0) is 101 Å². The van der Waals surface area contributed by atoms with Gasteiger partial charge in [-0.1, -0.05) is 6.07 Å². The van der Waals surface area contributed by atoms with Gasteiger partial charge < -0.3 is 9.80 Å². The summed E-state index contributed by atoms with van der Waals surface area (Å²) >= 11 is 0. The Bertz CT molecular complexity index is 730. The van der Waals surface area contributed by atoms with Crippen LogP contribution in [0.5, 0.6) is 0 Å². The van der Waals surface area contributed by atoms with Crippen LogP contribution in [0, 0.1) is 27.7 Å². The van der Waals surface area contributed by atoms with Gasteiger partial charge in [-0.3, -0.25) is 0 Å². The van der Waals surface area contributed by atoms with Gasteiger partial charge in [0.1, 0.15) is 0 Å². The average Bonchev–Trinajstić information content (AvgIpc) is 2.58. The summed E-state index contributed by atoms with van der Waals surface area (Å²) in [7, 11) is 0. The first kappa shape index (κ1) is 20.4. The van der Waals surface area contributed by atoms with Crippen LogP contribution in [0.15, 0.2) is 24.3 Å². The molecule has 0 aliphatic heterocycles. The smallest absolute Gasteiger partial charge is 0.0451 e. The van der Waals surface area contributed by atoms with Gasteiger partial charge in [0.05, 0.1) is 0 Å². The molecular weight excluding hydrogens is 316 g/mol. The number of hydrogen-bond acceptors (Lipinski definition) is 2. The first-order valence-corrected chi connectivity index (χ1v) is 10.1. The third kappa shape index (κ3) is 3.90. The average molecular weight is 353 g/mol. The first-order valence-electron chi connectivity index (χ1n) is 10.1. The number of benzene rings is 2. The Labute approximate surface area is 160 Å². The number of rotatable bonds is 7. The van der Waals surface area contributed by atoms with Crippen molar-refractivity contribution in [3.05, 3.63) is 46.5 Å². The fourth-order valence-electron chi connectivity index (χ4n) is 4.19. The highest BCUT2D eigenvalue weighted by atomic mass is 15.1. The van der Waals surface area contributed by atoms with E-state index in [4.69, 9.17) is 0 Å². The van der Waals surface area contributed by atoms with Gasteiger partial charge in [-0.2, -0.15) is 0 Å². The molecular formula is C24H36N2. The molecule has 2 aromatic carbocycles. The summed E-state index contributed by atoms with van der Waals surface area (Å²) in [5.74, 6) is 0. The Balaban J connectivity index is 2.72. The summed E-state index contributed by atoms with van der Waals surface area (Å²) in [6, 6.07) is 9.40. The minimum absolute atomic E-state index is 1.03. The van der Waals surface area contributed by atoms with Crippen LogP contribution in [0.3, 0.4) is 0 Å². The molecule has 0 aliphatic carbocycles. The lowest BCUT2D eigenvalue weighted by Gasteiger charge is -2.29. The van der Waals surface area contributed by atoms with Crippen molar-refractivity contribution in [3.63, 3.8) is 0 Å². The standard InChI is InChI=1S/C24H36N2/c1-9-25(10-2)21-15-19(7)23(20(8)16-21)24-18(6)13-17(5)14-22(24)26(11-3)12-4/h13-16H,9-12H2,1-8H3. The number of hydrogen-bond donors (Lipinski definition) is 0. The minimum atomic E-state index is 1.03. The lowest BCUT2D eigenvalue weighted by atomic mass is 9.89. The molecule has 0 atom stereocenters. The van der Waals surface area contributed by atoms with E-state index in [1.54, 1.807) is 0 Å². The predicted octanol–water partition coefficient (Wildman–Crippen LogP) is 6.28. The molecule has 0 fully saturated rings. The van der Waals surface area contributed by atoms with E-state index in [9.17, 15) is 0 Å². The summed E-state index contributed by atoms with van der Waals surface area (Å²) < 4.78 is 0. The maximum atomic E-state index is 2.48. The van der Waals surface area contributed by atoms with Crippen LogP contribution in [0.2, 0.25) is 0 Å². The van der Waals surface area contributed by atoms with Gasteiger partial charge >= 0.3 is 0 Å². The summed E-state index contributed by atoms with van der Waals surface area (Å²) in [5.41, 5.74) is 11.0. The third-order valence-corrected chi connectivity index (χ3v) is 5.46. The molecule has 0 aromatic heterocycles. The Kier molecular flexibility index (Phi) is 6.75. The molecule has 0 heterocycles. The zero-order valence-corrected chi connectivity index (χ0v) is 18.0. The number of anilines is 2. The van der Waals surface area contributed by atoms with Crippen molar-refractivity contribution in [2.24, 2.45) is 0 Å². The molecule has 0 unspecified atom stereocenters. The van der Waals surface area contributed by atoms with Crippen molar-refractivity contribution >= 4 is 11.4 Å². The van der Waals surface area contributed by atoms with Crippen molar-refractivity contribution in [1.29, 1.82) is 0 Å². The maximum Gasteiger partial charge on any atom is 0.0451 e. The Hall–Kier alpha value is -1.96. The second-order valence-electron chi connectivity index (χ2n) is 7.28. The zero-order valence-electron chi connectivity index (χ0n) is 18.0. The van der Waals surface area contributed by atoms with Gasteiger partial charge in [-0.25, -0.2) is 0 Å². The van der Waals surface area contributed by atoms with Gasteiger partial charge in [0.15, 0.2) is 0 Å². The molecule has 2 aromatic rings. The van der Waals surface area contributed by atoms with E-state index in [1.807, 2.05) is 0 Å². The topological polar surface area (TPSA) is 6.48 Å². The number of aryl methyl sites for hydroxylation is 4. The fourth-order valence-corrected chi connectivity index (χ4v) is 4.19. The molecule has 0 spiro atoms. The Morgan fingerprint density at radius 3 is 1.50 bits per heavy atom. The molecule has 0 aliphatic rings. The van der Waals surface area contributed by atoms with E-state index in [-0.39, 0.29) is 0 Å². The highest BCUT2D eigenvalue weighted by molar-refractivity contribution is 5.86. The summed E-state index contributed by atoms with van der Waals surface area (Å²) in [4.78, 5) is 4.91. The van der Waals surface area contributed by atoms with Crippen molar-refractivity contribution in [2.75, 3.05) is 36.0 Å². The van der Waals surface area contributed by atoms with Crippen molar-refractivity contribution in [3.8, 4) is 11.1 Å². The maximum absolute atomic E-state index is 2.48. The van der Waals surface area contributed by atoms with Crippen LogP contribution >= 0.6 is 0 Å². The quantitative estimate of drug-likeness (QED) is 0.578. The highest BCUT2D eigenvalue weighted by Gasteiger charge is 2.18. The molecule has 0 N–H and O–H groups in total. The predicted molar refractivity (Wildman–Crippen MR) is 118 cm³/mol. The molecule has 0 amide bonds. The second kappa shape index (κ2) is 8.62. The Morgan fingerprint density at radius 2 is 1.04 bits per heavy atom. The van der Waals surface area contributed by atoms with Gasteiger partial charge in [0.25, 0.3) is 0 Å². The van der Waals surface area contributed by atoms with Crippen LogP contribution in [-0.4, -0.2) is 26.2 Å². The van der Waals surface area contributed by atoms with Crippen molar-refractivity contribution in [1.82, 2.24) is 0 Å². The van der Waals surface area contributed by atoms with Crippen LogP contribution in [0.25, 0.3) is 11.1 Å². The monoisotopic (exact) mass is 352 g/mol. The molecule has 0 saturated carbocycles. The van der Waals surface area contributed by atoms with E-state index in [0.29, 0.717) is 0 Å². The zero-order chi connectivity index (χ0) is 19.4. The minimum Gasteiger partial charge on any atom is -0.372 e. The first-order chi connectivity index (χ1) is 12.4. The molecule has 0 bridgehead atoms. The van der Waals surface area contributed by atoms with Crippen LogP contribution < -0.4 is 9.80 Å². The molecule has 0 saturated heterocycles. The third-order valence-electron chi connectivity index (χ3n) is 5.46. The summed E-state index contributed by atoms with van der Waals surface area (Å²) in [5, 5.41) is 0. The van der Waals surface area contributed by atoms with Crippen LogP contribution in [0.1, 0.15) is 49.9 Å². The molecule has 142 valence electrons. The van der Waals surface area contributed by atoms with E-state index in [2.05, 4.69) is 89.5 Å². The van der Waals surface area contributed by atoms with Crippen LogP contribution in [0.4, 0.5) is 11.4 Å². The fraction of sp³-hybridized carbons (Fsp3) is 0.500. The summed E-state index contributed by atoms with van der Waals surface area (Å²) in [6.45, 7) is 22.1. The van der Waals surface area contributed by atoms with E-state index in [0.717, 1.165) is 26.2 Å². The Morgan fingerprint density at radius 1 is 0.577 bits per heavy atom. The summed E-state index contributed by atoms with van der Waals surface area (Å²) in [6.07, 6.45) is 0. The van der Waals surface area contributed by atoms with Gasteiger partial charge in [0, 0.05) is 43.1 Å².